The highest BCUT2D eigenvalue weighted by Crippen LogP contribution is 2.50. The summed E-state index contributed by atoms with van der Waals surface area (Å²) in [6, 6.07) is 4.07. The number of ether oxygens (including phenoxy) is 1. The van der Waals surface area contributed by atoms with E-state index in [9.17, 15) is 14.0 Å². The predicted octanol–water partition coefficient (Wildman–Crippen LogP) is 3.79. The van der Waals surface area contributed by atoms with E-state index in [1.54, 1.807) is 6.92 Å². The van der Waals surface area contributed by atoms with E-state index in [-0.39, 0.29) is 51.9 Å². The van der Waals surface area contributed by atoms with Crippen molar-refractivity contribution < 1.29 is 23.1 Å². The maximum atomic E-state index is 13.5. The molecule has 1 aromatic heterocycles. The fraction of sp³-hybridized carbons (Fsp3) is 0.500. The Morgan fingerprint density at radius 1 is 1.29 bits per heavy atom. The highest BCUT2D eigenvalue weighted by Gasteiger charge is 2.54. The Labute approximate surface area is 184 Å². The van der Waals surface area contributed by atoms with E-state index in [4.69, 9.17) is 20.8 Å². The lowest BCUT2D eigenvalue weighted by molar-refractivity contribution is -0.128. The molecule has 5 rings (SSSR count). The van der Waals surface area contributed by atoms with Gasteiger partial charge >= 0.3 is 0 Å². The molecule has 2 aromatic rings. The Balaban J connectivity index is 1.34. The predicted molar refractivity (Wildman–Crippen MR) is 111 cm³/mol. The van der Waals surface area contributed by atoms with Crippen molar-refractivity contribution in [2.24, 2.45) is 5.92 Å². The van der Waals surface area contributed by atoms with Gasteiger partial charge in [0.15, 0.2) is 18.2 Å². The maximum Gasteiger partial charge on any atom is 0.273 e. The van der Waals surface area contributed by atoms with E-state index in [1.807, 2.05) is 0 Å². The smallest absolute Gasteiger partial charge is 0.273 e. The molecule has 1 heterocycles. The van der Waals surface area contributed by atoms with E-state index in [0.29, 0.717) is 5.89 Å². The normalized spacial score (nSPS) is 27.0. The second-order valence-corrected chi connectivity index (χ2v) is 9.07. The fourth-order valence-corrected chi connectivity index (χ4v) is 5.00. The van der Waals surface area contributed by atoms with Crippen LogP contribution in [0.1, 0.15) is 55.4 Å². The van der Waals surface area contributed by atoms with Crippen molar-refractivity contribution in [2.75, 3.05) is 6.61 Å². The number of hydrogen-bond donors (Lipinski definition) is 2. The summed E-state index contributed by atoms with van der Waals surface area (Å²) in [7, 11) is 0. The van der Waals surface area contributed by atoms with Crippen molar-refractivity contribution in [3.05, 3.63) is 46.9 Å². The van der Waals surface area contributed by atoms with Gasteiger partial charge in [-0.3, -0.25) is 9.59 Å². The maximum absolute atomic E-state index is 13.5. The lowest BCUT2D eigenvalue weighted by Crippen LogP contribution is -2.67. The Morgan fingerprint density at radius 3 is 2.65 bits per heavy atom. The average molecular weight is 450 g/mol. The number of hydrogen-bond acceptors (Lipinski definition) is 5. The minimum Gasteiger partial charge on any atom is -0.484 e. The van der Waals surface area contributed by atoms with Crippen molar-refractivity contribution in [3.63, 3.8) is 0 Å². The second kappa shape index (κ2) is 8.15. The molecule has 1 unspecified atom stereocenters. The molecule has 3 fully saturated rings. The van der Waals surface area contributed by atoms with Crippen LogP contribution in [0.2, 0.25) is 5.02 Å². The van der Waals surface area contributed by atoms with Gasteiger partial charge in [0.05, 0.1) is 5.02 Å². The Kier molecular flexibility index (Phi) is 5.68. The first kappa shape index (κ1) is 21.6. The number of oxazole rings is 1. The van der Waals surface area contributed by atoms with E-state index in [0.717, 1.165) is 38.2 Å². The van der Waals surface area contributed by atoms with Crippen LogP contribution in [-0.2, 0) is 4.79 Å². The van der Waals surface area contributed by atoms with Crippen molar-refractivity contribution in [2.45, 2.75) is 57.0 Å². The number of halogens is 2. The van der Waals surface area contributed by atoms with Gasteiger partial charge in [-0.15, -0.1) is 0 Å². The van der Waals surface area contributed by atoms with Crippen LogP contribution < -0.4 is 15.4 Å². The summed E-state index contributed by atoms with van der Waals surface area (Å²) in [5.41, 5.74) is -0.346. The third kappa shape index (κ3) is 4.39. The van der Waals surface area contributed by atoms with Gasteiger partial charge < -0.3 is 19.8 Å². The number of nitrogens with zero attached hydrogens (tertiary/aromatic N) is 1. The summed E-state index contributed by atoms with van der Waals surface area (Å²) in [6.07, 6.45) is 5.18. The van der Waals surface area contributed by atoms with Crippen molar-refractivity contribution >= 4 is 23.4 Å². The lowest BCUT2D eigenvalue weighted by atomic mass is 9.56. The lowest BCUT2D eigenvalue weighted by Gasteiger charge is -2.57. The monoisotopic (exact) mass is 449 g/mol. The van der Waals surface area contributed by atoms with E-state index in [1.165, 1.54) is 18.4 Å². The van der Waals surface area contributed by atoms with Crippen LogP contribution in [-0.4, -0.2) is 34.5 Å². The fourth-order valence-electron chi connectivity index (χ4n) is 4.88. The molecule has 1 atom stereocenters. The summed E-state index contributed by atoms with van der Waals surface area (Å²) < 4.78 is 24.1. The molecule has 2 bridgehead atoms. The number of carbonyl (C=O) groups is 2. The Bertz CT molecular complexity index is 1000. The molecule has 2 amide bonds. The standard InChI is InChI=1S/C22H25ClFN3O4/c1-13-10-21(27-20(29)18-11-30-14(2)25-18)5-7-22(13,8-6-21)26-19(28)12-31-15-3-4-16(23)17(24)9-15/h3-4,9,11,13H,5-8,10,12H2,1-2H3,(H,26,28)(H,27,29). The molecule has 3 aliphatic rings. The van der Waals surface area contributed by atoms with Crippen LogP contribution >= 0.6 is 11.6 Å². The van der Waals surface area contributed by atoms with Crippen LogP contribution in [0.25, 0.3) is 0 Å². The molecule has 1 aromatic carbocycles. The van der Waals surface area contributed by atoms with E-state index < -0.39 is 5.82 Å². The first-order valence-electron chi connectivity index (χ1n) is 10.3. The molecule has 31 heavy (non-hydrogen) atoms. The van der Waals surface area contributed by atoms with Gasteiger partial charge in [-0.05, 0) is 50.2 Å². The zero-order valence-corrected chi connectivity index (χ0v) is 18.2. The quantitative estimate of drug-likeness (QED) is 0.699. The zero-order chi connectivity index (χ0) is 22.2. The van der Waals surface area contributed by atoms with Crippen molar-refractivity contribution in [3.8, 4) is 5.75 Å². The molecule has 0 saturated heterocycles. The summed E-state index contributed by atoms with van der Waals surface area (Å²) in [5.74, 6) is -0.199. The first-order valence-corrected chi connectivity index (χ1v) is 10.7. The van der Waals surface area contributed by atoms with Crippen LogP contribution in [0.3, 0.4) is 0 Å². The molecule has 0 aliphatic heterocycles. The second-order valence-electron chi connectivity index (χ2n) is 8.66. The summed E-state index contributed by atoms with van der Waals surface area (Å²) in [4.78, 5) is 29.2. The molecule has 0 spiro atoms. The number of aromatic nitrogens is 1. The molecule has 3 saturated carbocycles. The van der Waals surface area contributed by atoms with Crippen LogP contribution in [0.15, 0.2) is 28.9 Å². The zero-order valence-electron chi connectivity index (χ0n) is 17.5. The number of benzene rings is 1. The number of carbonyl (C=O) groups excluding carboxylic acids is 2. The van der Waals surface area contributed by atoms with Gasteiger partial charge in [0.25, 0.3) is 11.8 Å². The molecule has 3 aliphatic carbocycles. The minimum atomic E-state index is -0.592. The molecular formula is C22H25ClFN3O4. The third-order valence-electron chi connectivity index (χ3n) is 6.62. The third-order valence-corrected chi connectivity index (χ3v) is 6.93. The van der Waals surface area contributed by atoms with Crippen molar-refractivity contribution in [1.29, 1.82) is 0 Å². The number of nitrogens with one attached hydrogen (secondary N) is 2. The van der Waals surface area contributed by atoms with E-state index >= 15 is 0 Å². The number of aryl methyl sites for hydroxylation is 1. The summed E-state index contributed by atoms with van der Waals surface area (Å²) in [6.45, 7) is 3.58. The van der Waals surface area contributed by atoms with Gasteiger partial charge in [0, 0.05) is 24.1 Å². The van der Waals surface area contributed by atoms with E-state index in [2.05, 4.69) is 22.5 Å². The Morgan fingerprint density at radius 2 is 2.03 bits per heavy atom. The SMILES string of the molecule is Cc1nc(C(=O)NC23CCC(NC(=O)COc4ccc(Cl)c(F)c4)(CC2)C(C)C3)co1. The largest absolute Gasteiger partial charge is 0.484 e. The number of rotatable bonds is 6. The van der Waals surface area contributed by atoms with Gasteiger partial charge in [-0.25, -0.2) is 9.37 Å². The molecular weight excluding hydrogens is 425 g/mol. The number of amides is 2. The van der Waals surface area contributed by atoms with Gasteiger partial charge in [-0.2, -0.15) is 0 Å². The molecule has 9 heteroatoms. The molecule has 0 radical (unpaired) electrons. The van der Waals surface area contributed by atoms with Gasteiger partial charge in [0.2, 0.25) is 0 Å². The van der Waals surface area contributed by atoms with Crippen LogP contribution in [0, 0.1) is 18.7 Å². The van der Waals surface area contributed by atoms with Crippen LogP contribution in [0.4, 0.5) is 4.39 Å². The molecule has 2 N–H and O–H groups in total. The first-order chi connectivity index (χ1) is 14.7. The molecule has 7 nitrogen and oxygen atoms in total. The van der Waals surface area contributed by atoms with Crippen molar-refractivity contribution in [1.82, 2.24) is 15.6 Å². The Hall–Kier alpha value is -2.61. The highest BCUT2D eigenvalue weighted by molar-refractivity contribution is 6.30. The molecule has 166 valence electrons. The highest BCUT2D eigenvalue weighted by atomic mass is 35.5. The van der Waals surface area contributed by atoms with Crippen LogP contribution in [0.5, 0.6) is 5.75 Å². The summed E-state index contributed by atoms with van der Waals surface area (Å²) >= 11 is 5.66. The minimum absolute atomic E-state index is 0.00295. The number of fused-ring (bicyclic) bond motifs is 3. The summed E-state index contributed by atoms with van der Waals surface area (Å²) in [5, 5.41) is 6.31. The average Bonchev–Trinajstić information content (AvgIpc) is 3.17. The topological polar surface area (TPSA) is 93.5 Å². The van der Waals surface area contributed by atoms with Gasteiger partial charge in [-0.1, -0.05) is 18.5 Å². The van der Waals surface area contributed by atoms with Gasteiger partial charge in [0.1, 0.15) is 17.8 Å².